The van der Waals surface area contributed by atoms with E-state index in [4.69, 9.17) is 0 Å². The van der Waals surface area contributed by atoms with Crippen LogP contribution in [-0.4, -0.2) is 12.1 Å². The van der Waals surface area contributed by atoms with Crippen LogP contribution in [0.3, 0.4) is 0 Å². The van der Waals surface area contributed by atoms with E-state index in [1.165, 1.54) is 90.0 Å². The van der Waals surface area contributed by atoms with Gasteiger partial charge in [0.15, 0.2) is 0 Å². The third-order valence-electron chi connectivity index (χ3n) is 6.58. The summed E-state index contributed by atoms with van der Waals surface area (Å²) in [7, 11) is 0. The molecule has 1 heteroatoms. The van der Waals surface area contributed by atoms with Gasteiger partial charge in [-0.05, 0) is 56.8 Å². The van der Waals surface area contributed by atoms with Gasteiger partial charge in [-0.3, -0.25) is 0 Å². The Morgan fingerprint density at radius 1 is 1.00 bits per heavy atom. The Kier molecular flexibility index (Phi) is 8.87. The van der Waals surface area contributed by atoms with Crippen LogP contribution >= 0.6 is 0 Å². The van der Waals surface area contributed by atoms with E-state index in [1.807, 2.05) is 0 Å². The molecule has 0 aliphatic heterocycles. The Balaban J connectivity index is 1.76. The quantitative estimate of drug-likeness (QED) is 0.430. The number of unbranched alkanes of at least 4 members (excludes halogenated alkanes) is 1. The van der Waals surface area contributed by atoms with Crippen LogP contribution in [0.1, 0.15) is 104 Å². The summed E-state index contributed by atoms with van der Waals surface area (Å²) in [6, 6.07) is 0. The highest BCUT2D eigenvalue weighted by atomic mass is 15.0. The van der Waals surface area contributed by atoms with Gasteiger partial charge in [-0.25, -0.2) is 0 Å². The molecule has 0 heterocycles. The maximum Gasteiger partial charge on any atom is 0.0153 e. The van der Waals surface area contributed by atoms with Gasteiger partial charge < -0.3 is 5.32 Å². The molecule has 140 valence electrons. The van der Waals surface area contributed by atoms with E-state index >= 15 is 0 Å². The average molecular weight is 334 g/mol. The molecule has 0 aromatic rings. The number of rotatable bonds is 10. The van der Waals surface area contributed by atoms with Gasteiger partial charge in [-0.1, -0.05) is 77.4 Å². The van der Waals surface area contributed by atoms with Crippen LogP contribution in [0.2, 0.25) is 0 Å². The highest BCUT2D eigenvalue weighted by Gasteiger charge is 2.26. The van der Waals surface area contributed by atoms with Gasteiger partial charge in [0.1, 0.15) is 0 Å². The molecule has 0 radical (unpaired) electrons. The van der Waals surface area contributed by atoms with Crippen molar-refractivity contribution in [2.45, 2.75) is 110 Å². The molecular weight excluding hydrogens is 290 g/mol. The molecule has 3 atom stereocenters. The van der Waals surface area contributed by atoms with Gasteiger partial charge >= 0.3 is 0 Å². The molecule has 1 nitrogen and oxygen atoms in total. The smallest absolute Gasteiger partial charge is 0.0153 e. The van der Waals surface area contributed by atoms with E-state index in [0.29, 0.717) is 5.54 Å². The topological polar surface area (TPSA) is 12.0 Å². The fourth-order valence-electron chi connectivity index (χ4n) is 5.10. The Morgan fingerprint density at radius 3 is 2.50 bits per heavy atom. The van der Waals surface area contributed by atoms with Gasteiger partial charge in [-0.2, -0.15) is 0 Å². The molecule has 2 unspecified atom stereocenters. The van der Waals surface area contributed by atoms with Crippen molar-refractivity contribution in [3.8, 4) is 0 Å². The van der Waals surface area contributed by atoms with Gasteiger partial charge in [-0.15, -0.1) is 0 Å². The van der Waals surface area contributed by atoms with Crippen LogP contribution < -0.4 is 5.32 Å². The molecule has 0 aromatic carbocycles. The second-order valence-corrected chi connectivity index (χ2v) is 9.06. The predicted molar refractivity (Wildman–Crippen MR) is 107 cm³/mol. The van der Waals surface area contributed by atoms with Crippen molar-refractivity contribution in [3.63, 3.8) is 0 Å². The maximum absolute atomic E-state index is 3.97. The van der Waals surface area contributed by atoms with Crippen LogP contribution in [0.15, 0.2) is 12.2 Å². The zero-order chi connectivity index (χ0) is 17.3. The van der Waals surface area contributed by atoms with Crippen molar-refractivity contribution in [1.82, 2.24) is 5.32 Å². The molecule has 0 aromatic heterocycles. The zero-order valence-corrected chi connectivity index (χ0v) is 16.8. The van der Waals surface area contributed by atoms with Gasteiger partial charge in [0, 0.05) is 12.1 Å². The fourth-order valence-corrected chi connectivity index (χ4v) is 5.10. The minimum absolute atomic E-state index is 0.356. The first-order valence-electron chi connectivity index (χ1n) is 11.1. The van der Waals surface area contributed by atoms with E-state index in [9.17, 15) is 0 Å². The first-order chi connectivity index (χ1) is 11.6. The monoisotopic (exact) mass is 333 g/mol. The number of hydrogen-bond donors (Lipinski definition) is 1. The highest BCUT2D eigenvalue weighted by Crippen LogP contribution is 2.35. The van der Waals surface area contributed by atoms with Crippen LogP contribution in [0.25, 0.3) is 0 Å². The summed E-state index contributed by atoms with van der Waals surface area (Å²) >= 11 is 0. The summed E-state index contributed by atoms with van der Waals surface area (Å²) in [6.07, 6.45) is 23.4. The summed E-state index contributed by atoms with van der Waals surface area (Å²) in [6.45, 7) is 8.29. The summed E-state index contributed by atoms with van der Waals surface area (Å²) in [4.78, 5) is 0. The van der Waals surface area contributed by atoms with Crippen molar-refractivity contribution in [2.75, 3.05) is 6.54 Å². The second-order valence-electron chi connectivity index (χ2n) is 9.06. The zero-order valence-electron chi connectivity index (χ0n) is 16.8. The van der Waals surface area contributed by atoms with Crippen molar-refractivity contribution < 1.29 is 0 Å². The normalized spacial score (nSPS) is 28.0. The molecule has 2 aliphatic rings. The van der Waals surface area contributed by atoms with Crippen molar-refractivity contribution in [2.24, 2.45) is 17.8 Å². The lowest BCUT2D eigenvalue weighted by Gasteiger charge is -2.35. The summed E-state index contributed by atoms with van der Waals surface area (Å²) in [5, 5.41) is 3.97. The minimum Gasteiger partial charge on any atom is -0.311 e. The molecule has 0 bridgehead atoms. The van der Waals surface area contributed by atoms with E-state index in [1.54, 1.807) is 0 Å². The van der Waals surface area contributed by atoms with E-state index in [0.717, 1.165) is 17.8 Å². The van der Waals surface area contributed by atoms with E-state index in [-0.39, 0.29) is 0 Å². The third kappa shape index (κ3) is 6.90. The lowest BCUT2D eigenvalue weighted by molar-refractivity contribution is 0.240. The molecule has 0 amide bonds. The predicted octanol–water partition coefficient (Wildman–Crippen LogP) is 6.88. The van der Waals surface area contributed by atoms with Crippen molar-refractivity contribution >= 4 is 0 Å². The average Bonchev–Trinajstić information content (AvgIpc) is 2.60. The SMILES string of the molecule is CCCCC(C)(CCC)NCC1C=CC[C@@H](CC2CCCCC2)C1. The Bertz CT molecular complexity index is 355. The Morgan fingerprint density at radius 2 is 1.79 bits per heavy atom. The molecule has 1 saturated carbocycles. The molecule has 2 aliphatic carbocycles. The summed E-state index contributed by atoms with van der Waals surface area (Å²) in [5.41, 5.74) is 0.356. The molecule has 0 spiro atoms. The fraction of sp³-hybridized carbons (Fsp3) is 0.913. The molecule has 0 saturated heterocycles. The van der Waals surface area contributed by atoms with Gasteiger partial charge in [0.05, 0.1) is 0 Å². The molecular formula is C23H43N. The van der Waals surface area contributed by atoms with Crippen molar-refractivity contribution in [3.05, 3.63) is 12.2 Å². The summed E-state index contributed by atoms with van der Waals surface area (Å²) in [5.74, 6) is 2.77. The standard InChI is InChI=1S/C23H43N/c1-4-6-16-23(3,15-5-2)24-19-22-14-10-13-21(18-22)17-20-11-8-7-9-12-20/h10,14,20-22,24H,4-9,11-13,15-19H2,1-3H3/t21-,22?,23?/m0/s1. The van der Waals surface area contributed by atoms with Crippen molar-refractivity contribution in [1.29, 1.82) is 0 Å². The lowest BCUT2D eigenvalue weighted by Crippen LogP contribution is -2.44. The maximum atomic E-state index is 3.97. The van der Waals surface area contributed by atoms with E-state index < -0.39 is 0 Å². The van der Waals surface area contributed by atoms with Crippen LogP contribution in [-0.2, 0) is 0 Å². The molecule has 24 heavy (non-hydrogen) atoms. The van der Waals surface area contributed by atoms with E-state index in [2.05, 4.69) is 38.2 Å². The lowest BCUT2D eigenvalue weighted by atomic mass is 9.76. The Hall–Kier alpha value is -0.300. The van der Waals surface area contributed by atoms with Crippen LogP contribution in [0.4, 0.5) is 0 Å². The second kappa shape index (κ2) is 10.6. The van der Waals surface area contributed by atoms with Crippen LogP contribution in [0, 0.1) is 17.8 Å². The Labute approximate surface area is 152 Å². The number of allylic oxidation sites excluding steroid dienone is 1. The molecule has 1 fully saturated rings. The largest absolute Gasteiger partial charge is 0.311 e. The third-order valence-corrected chi connectivity index (χ3v) is 6.58. The van der Waals surface area contributed by atoms with Gasteiger partial charge in [0.2, 0.25) is 0 Å². The first-order valence-corrected chi connectivity index (χ1v) is 11.1. The number of nitrogens with one attached hydrogen (secondary N) is 1. The van der Waals surface area contributed by atoms with Crippen LogP contribution in [0.5, 0.6) is 0 Å². The minimum atomic E-state index is 0.356. The first kappa shape index (κ1) is 20.0. The molecule has 2 rings (SSSR count). The van der Waals surface area contributed by atoms with Gasteiger partial charge in [0.25, 0.3) is 0 Å². The molecule has 1 N–H and O–H groups in total. The summed E-state index contributed by atoms with van der Waals surface area (Å²) < 4.78 is 0. The number of hydrogen-bond acceptors (Lipinski definition) is 1. The highest BCUT2D eigenvalue weighted by molar-refractivity contribution is 4.98.